The third kappa shape index (κ3) is 5.14. The van der Waals surface area contributed by atoms with Gasteiger partial charge in [0.1, 0.15) is 18.2 Å². The lowest BCUT2D eigenvalue weighted by Crippen LogP contribution is -2.43. The number of carbonyl (C=O) groups excluding carboxylic acids is 2. The first-order chi connectivity index (χ1) is 13.9. The van der Waals surface area contributed by atoms with Crippen LogP contribution in [0.15, 0.2) is 42.5 Å². The smallest absolute Gasteiger partial charge is 0.325 e. The Hall–Kier alpha value is -2.44. The maximum absolute atomic E-state index is 12.4. The van der Waals surface area contributed by atoms with E-state index in [9.17, 15) is 9.59 Å². The number of esters is 2. The first kappa shape index (κ1) is 21.3. The van der Waals surface area contributed by atoms with Crippen LogP contribution < -0.4 is 5.73 Å². The number of benzene rings is 2. The van der Waals surface area contributed by atoms with Crippen molar-refractivity contribution in [1.82, 2.24) is 0 Å². The molecule has 0 bridgehead atoms. The fraction of sp³-hybridized carbons (Fsp3) is 0.478. The number of hydrogen-bond acceptors (Lipinski definition) is 6. The highest BCUT2D eigenvalue weighted by Crippen LogP contribution is 2.27. The van der Waals surface area contributed by atoms with Crippen molar-refractivity contribution < 1.29 is 23.8 Å². The van der Waals surface area contributed by atoms with Crippen LogP contribution in [0.5, 0.6) is 0 Å². The minimum Gasteiger partial charge on any atom is -0.458 e. The largest absolute Gasteiger partial charge is 0.458 e. The van der Waals surface area contributed by atoms with E-state index in [1.165, 1.54) is 0 Å². The summed E-state index contributed by atoms with van der Waals surface area (Å²) in [5.41, 5.74) is 6.97. The van der Waals surface area contributed by atoms with Crippen LogP contribution in [0.3, 0.4) is 0 Å². The van der Waals surface area contributed by atoms with E-state index in [0.29, 0.717) is 13.0 Å². The minimum atomic E-state index is -0.852. The summed E-state index contributed by atoms with van der Waals surface area (Å²) in [4.78, 5) is 24.5. The zero-order valence-corrected chi connectivity index (χ0v) is 17.2. The van der Waals surface area contributed by atoms with Gasteiger partial charge in [0.05, 0.1) is 19.1 Å². The van der Waals surface area contributed by atoms with Crippen molar-refractivity contribution in [1.29, 1.82) is 0 Å². The van der Waals surface area contributed by atoms with Crippen LogP contribution in [-0.4, -0.2) is 43.4 Å². The highest BCUT2D eigenvalue weighted by Gasteiger charge is 2.36. The molecule has 0 amide bonds. The molecule has 1 aliphatic heterocycles. The van der Waals surface area contributed by atoms with Gasteiger partial charge in [-0.1, -0.05) is 56.3 Å². The summed E-state index contributed by atoms with van der Waals surface area (Å²) in [7, 11) is 0. The number of cyclic esters (lactones) is 1. The molecule has 6 nitrogen and oxygen atoms in total. The predicted molar refractivity (Wildman–Crippen MR) is 110 cm³/mol. The van der Waals surface area contributed by atoms with Gasteiger partial charge in [-0.15, -0.1) is 0 Å². The number of rotatable bonds is 4. The monoisotopic (exact) mass is 399 g/mol. The highest BCUT2D eigenvalue weighted by atomic mass is 16.6. The Kier molecular flexibility index (Phi) is 6.87. The van der Waals surface area contributed by atoms with Crippen LogP contribution in [0.2, 0.25) is 0 Å². The van der Waals surface area contributed by atoms with Crippen molar-refractivity contribution in [3.63, 3.8) is 0 Å². The molecule has 4 atom stereocenters. The maximum Gasteiger partial charge on any atom is 0.325 e. The molecule has 3 rings (SSSR count). The standard InChI is InChI=1S/C23H29NO5/c1-14(2)22(25)29-21-15(3)28-23(26)20(24)13-27-12-18(21)11-17-9-6-8-16-7-4-5-10-19(16)17/h4-10,14-15,18,20-21H,11-13,24H2,1-3H3/t15-,18-,20-,21-/m0/s1. The molecule has 0 aromatic heterocycles. The summed E-state index contributed by atoms with van der Waals surface area (Å²) in [5.74, 6) is -1.35. The van der Waals surface area contributed by atoms with Crippen molar-refractivity contribution in [3.05, 3.63) is 48.0 Å². The molecular formula is C23H29NO5. The Labute approximate surface area is 171 Å². The summed E-state index contributed by atoms with van der Waals surface area (Å²) in [6, 6.07) is 13.5. The summed E-state index contributed by atoms with van der Waals surface area (Å²) >= 11 is 0. The third-order valence-corrected chi connectivity index (χ3v) is 5.25. The summed E-state index contributed by atoms with van der Waals surface area (Å²) in [5, 5.41) is 2.29. The van der Waals surface area contributed by atoms with E-state index in [1.807, 2.05) is 18.2 Å². The van der Waals surface area contributed by atoms with Crippen LogP contribution in [0.4, 0.5) is 0 Å². The van der Waals surface area contributed by atoms with E-state index < -0.39 is 24.2 Å². The van der Waals surface area contributed by atoms with Crippen LogP contribution in [-0.2, 0) is 30.2 Å². The molecule has 0 unspecified atom stereocenters. The molecule has 0 aliphatic carbocycles. The quantitative estimate of drug-likeness (QED) is 0.796. The second-order valence-electron chi connectivity index (χ2n) is 7.94. The lowest BCUT2D eigenvalue weighted by atomic mass is 9.89. The van der Waals surface area contributed by atoms with Crippen molar-refractivity contribution in [2.24, 2.45) is 17.6 Å². The van der Waals surface area contributed by atoms with Gasteiger partial charge in [-0.2, -0.15) is 0 Å². The second kappa shape index (κ2) is 9.37. The summed E-state index contributed by atoms with van der Waals surface area (Å²) in [6.07, 6.45) is -0.634. The van der Waals surface area contributed by atoms with E-state index in [-0.39, 0.29) is 24.4 Å². The Balaban J connectivity index is 1.93. The fourth-order valence-corrected chi connectivity index (χ4v) is 3.62. The number of nitrogens with two attached hydrogens (primary N) is 1. The minimum absolute atomic E-state index is 0.0719. The van der Waals surface area contributed by atoms with E-state index in [2.05, 4.69) is 24.3 Å². The van der Waals surface area contributed by atoms with E-state index in [4.69, 9.17) is 19.9 Å². The van der Waals surface area contributed by atoms with Gasteiger partial charge >= 0.3 is 11.9 Å². The van der Waals surface area contributed by atoms with E-state index in [0.717, 1.165) is 16.3 Å². The Morgan fingerprint density at radius 3 is 2.66 bits per heavy atom. The highest BCUT2D eigenvalue weighted by molar-refractivity contribution is 5.85. The zero-order chi connectivity index (χ0) is 21.0. The molecule has 0 radical (unpaired) electrons. The number of fused-ring (bicyclic) bond motifs is 1. The molecule has 2 N–H and O–H groups in total. The molecule has 2 aromatic rings. The first-order valence-electron chi connectivity index (χ1n) is 10.1. The molecular weight excluding hydrogens is 370 g/mol. The Bertz CT molecular complexity index is 860. The molecule has 156 valence electrons. The van der Waals surface area contributed by atoms with Gasteiger partial charge in [-0.3, -0.25) is 9.59 Å². The first-order valence-corrected chi connectivity index (χ1v) is 10.1. The number of carbonyl (C=O) groups is 2. The van der Waals surface area contributed by atoms with Gasteiger partial charge in [0.25, 0.3) is 0 Å². The number of hydrogen-bond donors (Lipinski definition) is 1. The van der Waals surface area contributed by atoms with Crippen LogP contribution in [0.25, 0.3) is 10.8 Å². The van der Waals surface area contributed by atoms with Crippen LogP contribution >= 0.6 is 0 Å². The molecule has 0 spiro atoms. The van der Waals surface area contributed by atoms with Crippen molar-refractivity contribution in [2.45, 2.75) is 45.4 Å². The van der Waals surface area contributed by atoms with Crippen molar-refractivity contribution in [3.8, 4) is 0 Å². The van der Waals surface area contributed by atoms with Crippen LogP contribution in [0, 0.1) is 11.8 Å². The molecule has 6 heteroatoms. The second-order valence-corrected chi connectivity index (χ2v) is 7.94. The molecule has 1 fully saturated rings. The number of ether oxygens (including phenoxy) is 3. The van der Waals surface area contributed by atoms with E-state index >= 15 is 0 Å². The normalized spacial score (nSPS) is 25.8. The van der Waals surface area contributed by atoms with E-state index in [1.54, 1.807) is 20.8 Å². The van der Waals surface area contributed by atoms with Crippen molar-refractivity contribution >= 4 is 22.7 Å². The topological polar surface area (TPSA) is 87.9 Å². The predicted octanol–water partition coefficient (Wildman–Crippen LogP) is 2.86. The molecule has 2 aromatic carbocycles. The maximum atomic E-state index is 12.4. The molecule has 1 saturated heterocycles. The van der Waals surface area contributed by atoms with Gasteiger partial charge in [0.15, 0.2) is 0 Å². The lowest BCUT2D eigenvalue weighted by molar-refractivity contribution is -0.173. The average molecular weight is 399 g/mol. The molecule has 1 aliphatic rings. The lowest BCUT2D eigenvalue weighted by Gasteiger charge is -2.31. The van der Waals surface area contributed by atoms with Crippen molar-refractivity contribution in [2.75, 3.05) is 13.2 Å². The van der Waals surface area contributed by atoms with Gasteiger partial charge in [-0.05, 0) is 29.7 Å². The fourth-order valence-electron chi connectivity index (χ4n) is 3.62. The Morgan fingerprint density at radius 1 is 1.17 bits per heavy atom. The Morgan fingerprint density at radius 2 is 1.90 bits per heavy atom. The zero-order valence-electron chi connectivity index (χ0n) is 17.2. The average Bonchev–Trinajstić information content (AvgIpc) is 2.74. The van der Waals surface area contributed by atoms with Gasteiger partial charge in [-0.25, -0.2) is 0 Å². The third-order valence-electron chi connectivity index (χ3n) is 5.25. The molecule has 1 heterocycles. The molecule has 29 heavy (non-hydrogen) atoms. The summed E-state index contributed by atoms with van der Waals surface area (Å²) in [6.45, 7) is 5.68. The van der Waals surface area contributed by atoms with Gasteiger partial charge in [0, 0.05) is 5.92 Å². The van der Waals surface area contributed by atoms with Crippen LogP contribution in [0.1, 0.15) is 26.3 Å². The summed E-state index contributed by atoms with van der Waals surface area (Å²) < 4.78 is 17.0. The van der Waals surface area contributed by atoms with Gasteiger partial charge in [0.2, 0.25) is 0 Å². The van der Waals surface area contributed by atoms with Gasteiger partial charge < -0.3 is 19.9 Å². The molecule has 0 saturated carbocycles. The SMILES string of the molecule is CC(C)C(=O)O[C@@H]1[C@@H](Cc2cccc3ccccc23)COC[C@H](N)C(=O)O[C@H]1C.